The summed E-state index contributed by atoms with van der Waals surface area (Å²) in [7, 11) is 2.00. The molecule has 2 aromatic heterocycles. The molecule has 0 bridgehead atoms. The number of anilines is 1. The molecule has 2 aromatic carbocycles. The van der Waals surface area contributed by atoms with Crippen LogP contribution in [-0.4, -0.2) is 31.8 Å². The smallest absolute Gasteiger partial charge is 0.262 e. The quantitative estimate of drug-likeness (QED) is 0.467. The molecule has 2 heterocycles. The summed E-state index contributed by atoms with van der Waals surface area (Å²) in [5.41, 5.74) is 4.69. The fourth-order valence-corrected chi connectivity index (χ4v) is 3.66. The number of fused-ring (bicyclic) bond motifs is 1. The minimum absolute atomic E-state index is 0.0875. The highest BCUT2D eigenvalue weighted by Gasteiger charge is 2.11. The Morgan fingerprint density at radius 2 is 1.90 bits per heavy atom. The zero-order valence-electron chi connectivity index (χ0n) is 17.7. The molecule has 160 valence electrons. The second-order valence-electron chi connectivity index (χ2n) is 7.48. The third-order valence-electron chi connectivity index (χ3n) is 5.09. The maximum absolute atomic E-state index is 12.3. The second-order valence-corrected chi connectivity index (χ2v) is 7.92. The van der Waals surface area contributed by atoms with Gasteiger partial charge in [0, 0.05) is 36.4 Å². The number of aromatic nitrogens is 4. The van der Waals surface area contributed by atoms with Crippen molar-refractivity contribution in [1.82, 2.24) is 19.3 Å². The van der Waals surface area contributed by atoms with Crippen LogP contribution in [0.3, 0.4) is 0 Å². The van der Waals surface area contributed by atoms with E-state index in [1.165, 1.54) is 0 Å². The highest BCUT2D eigenvalue weighted by Crippen LogP contribution is 2.21. The lowest BCUT2D eigenvalue weighted by molar-refractivity contribution is -0.118. The average molecular weight is 438 g/mol. The Morgan fingerprint density at radius 1 is 1.13 bits per heavy atom. The van der Waals surface area contributed by atoms with Gasteiger partial charge in [0.15, 0.2) is 6.61 Å². The van der Waals surface area contributed by atoms with Crippen molar-refractivity contribution >= 4 is 34.2 Å². The Balaban J connectivity index is 1.41. The fraction of sp³-hybridized carbons (Fsp3) is 0.261. The van der Waals surface area contributed by atoms with Crippen LogP contribution in [-0.2, 0) is 24.8 Å². The number of benzene rings is 2. The first-order chi connectivity index (χ1) is 14.9. The van der Waals surface area contributed by atoms with E-state index in [4.69, 9.17) is 21.3 Å². The van der Waals surface area contributed by atoms with Crippen molar-refractivity contribution < 1.29 is 9.53 Å². The molecule has 1 amide bonds. The normalized spacial score (nSPS) is 11.1. The topological polar surface area (TPSA) is 74.0 Å². The molecule has 0 aliphatic heterocycles. The summed E-state index contributed by atoms with van der Waals surface area (Å²) < 4.78 is 9.57. The number of rotatable bonds is 7. The van der Waals surface area contributed by atoms with Gasteiger partial charge in [-0.05, 0) is 62.4 Å². The van der Waals surface area contributed by atoms with Gasteiger partial charge >= 0.3 is 0 Å². The summed E-state index contributed by atoms with van der Waals surface area (Å²) in [6.45, 7) is 4.73. The average Bonchev–Trinajstić information content (AvgIpc) is 3.23. The maximum atomic E-state index is 12.3. The zero-order chi connectivity index (χ0) is 22.0. The van der Waals surface area contributed by atoms with Crippen LogP contribution in [0.1, 0.15) is 17.2 Å². The van der Waals surface area contributed by atoms with Gasteiger partial charge in [-0.3, -0.25) is 9.48 Å². The number of ether oxygens (including phenoxy) is 1. The number of halogens is 1. The molecule has 8 heteroatoms. The number of amides is 1. The van der Waals surface area contributed by atoms with Crippen LogP contribution in [0, 0.1) is 13.8 Å². The lowest BCUT2D eigenvalue weighted by Crippen LogP contribution is -2.20. The van der Waals surface area contributed by atoms with Crippen LogP contribution in [0.2, 0.25) is 5.02 Å². The highest BCUT2D eigenvalue weighted by molar-refractivity contribution is 6.30. The number of aryl methyl sites for hydroxylation is 5. The molecule has 31 heavy (non-hydrogen) atoms. The number of carbonyl (C=O) groups excluding carboxylic acids is 1. The molecule has 0 aliphatic carbocycles. The summed E-state index contributed by atoms with van der Waals surface area (Å²) in [6, 6.07) is 14.7. The minimum Gasteiger partial charge on any atom is -0.484 e. The van der Waals surface area contributed by atoms with E-state index in [2.05, 4.69) is 28.0 Å². The monoisotopic (exact) mass is 437 g/mol. The molecule has 0 aliphatic rings. The third kappa shape index (κ3) is 4.88. The highest BCUT2D eigenvalue weighted by atomic mass is 35.5. The molecule has 0 atom stereocenters. The molecule has 0 spiro atoms. The van der Waals surface area contributed by atoms with Gasteiger partial charge in [-0.2, -0.15) is 5.10 Å². The van der Waals surface area contributed by atoms with Crippen LogP contribution in [0.5, 0.6) is 5.75 Å². The Morgan fingerprint density at radius 3 is 2.61 bits per heavy atom. The van der Waals surface area contributed by atoms with Crippen LogP contribution >= 0.6 is 11.6 Å². The molecule has 0 unspecified atom stereocenters. The van der Waals surface area contributed by atoms with Gasteiger partial charge in [-0.1, -0.05) is 11.6 Å². The predicted octanol–water partition coefficient (Wildman–Crippen LogP) is 4.30. The fourth-order valence-electron chi connectivity index (χ4n) is 3.54. The Labute approximate surface area is 185 Å². The summed E-state index contributed by atoms with van der Waals surface area (Å²) in [5, 5.41) is 7.99. The van der Waals surface area contributed by atoms with E-state index in [0.29, 0.717) is 16.5 Å². The number of nitrogens with zero attached hydrogens (tertiary/aromatic N) is 4. The van der Waals surface area contributed by atoms with Gasteiger partial charge < -0.3 is 14.6 Å². The minimum atomic E-state index is -0.241. The van der Waals surface area contributed by atoms with Crippen molar-refractivity contribution in [2.24, 2.45) is 7.05 Å². The Hall–Kier alpha value is -3.32. The van der Waals surface area contributed by atoms with Crippen molar-refractivity contribution in [2.75, 3.05) is 11.9 Å². The van der Waals surface area contributed by atoms with Crippen molar-refractivity contribution in [3.05, 3.63) is 70.8 Å². The standard InChI is InChI=1S/C23H24ClN5O2/c1-15-12-16(2)29(27-15)11-10-22-26-20-13-18(6-9-21(20)28(22)3)25-23(30)14-31-19-7-4-17(24)5-8-19/h4-9,12-13H,10-11,14H2,1-3H3,(H,25,30). The van der Waals surface area contributed by atoms with Gasteiger partial charge in [0.2, 0.25) is 0 Å². The number of carbonyl (C=O) groups is 1. The second kappa shape index (κ2) is 8.81. The molecular weight excluding hydrogens is 414 g/mol. The van der Waals surface area contributed by atoms with Crippen molar-refractivity contribution in [1.29, 1.82) is 0 Å². The molecule has 1 N–H and O–H groups in total. The molecule has 4 aromatic rings. The van der Waals surface area contributed by atoms with Gasteiger partial charge in [0.1, 0.15) is 11.6 Å². The summed E-state index contributed by atoms with van der Waals surface area (Å²) in [5.74, 6) is 1.32. The van der Waals surface area contributed by atoms with Crippen molar-refractivity contribution in [2.45, 2.75) is 26.8 Å². The van der Waals surface area contributed by atoms with Crippen LogP contribution in [0.15, 0.2) is 48.5 Å². The molecule has 4 rings (SSSR count). The van der Waals surface area contributed by atoms with E-state index in [1.54, 1.807) is 24.3 Å². The summed E-state index contributed by atoms with van der Waals surface area (Å²) in [6.07, 6.45) is 0.768. The number of hydrogen-bond acceptors (Lipinski definition) is 4. The van der Waals surface area contributed by atoms with Gasteiger partial charge in [-0.15, -0.1) is 0 Å². The van der Waals surface area contributed by atoms with Gasteiger partial charge in [0.25, 0.3) is 5.91 Å². The van der Waals surface area contributed by atoms with E-state index in [9.17, 15) is 4.79 Å². The van der Waals surface area contributed by atoms with E-state index < -0.39 is 0 Å². The lowest BCUT2D eigenvalue weighted by atomic mass is 10.2. The van der Waals surface area contributed by atoms with Crippen molar-refractivity contribution in [3.63, 3.8) is 0 Å². The molecule has 0 fully saturated rings. The van der Waals surface area contributed by atoms with E-state index in [1.807, 2.05) is 36.9 Å². The lowest BCUT2D eigenvalue weighted by Gasteiger charge is -2.08. The molecular formula is C23H24ClN5O2. The van der Waals surface area contributed by atoms with E-state index >= 15 is 0 Å². The number of imidazole rings is 1. The Kier molecular flexibility index (Phi) is 5.95. The number of hydrogen-bond donors (Lipinski definition) is 1. The first-order valence-electron chi connectivity index (χ1n) is 10.0. The molecule has 0 saturated carbocycles. The van der Waals surface area contributed by atoms with Gasteiger partial charge in [0.05, 0.1) is 16.7 Å². The van der Waals surface area contributed by atoms with Crippen LogP contribution < -0.4 is 10.1 Å². The first-order valence-corrected chi connectivity index (χ1v) is 10.4. The third-order valence-corrected chi connectivity index (χ3v) is 5.34. The van der Waals surface area contributed by atoms with Crippen LogP contribution in [0.4, 0.5) is 5.69 Å². The summed E-state index contributed by atoms with van der Waals surface area (Å²) in [4.78, 5) is 17.0. The van der Waals surface area contributed by atoms with Crippen LogP contribution in [0.25, 0.3) is 11.0 Å². The molecule has 0 saturated heterocycles. The predicted molar refractivity (Wildman–Crippen MR) is 122 cm³/mol. The first kappa shape index (κ1) is 20.9. The Bertz CT molecular complexity index is 1230. The van der Waals surface area contributed by atoms with E-state index in [0.717, 1.165) is 41.2 Å². The SMILES string of the molecule is Cc1cc(C)n(CCc2nc3cc(NC(=O)COc4ccc(Cl)cc4)ccc3n2C)n1. The maximum Gasteiger partial charge on any atom is 0.262 e. The van der Waals surface area contributed by atoms with Crippen molar-refractivity contribution in [3.8, 4) is 5.75 Å². The number of nitrogens with one attached hydrogen (secondary N) is 1. The molecule has 0 radical (unpaired) electrons. The molecule has 7 nitrogen and oxygen atoms in total. The summed E-state index contributed by atoms with van der Waals surface area (Å²) >= 11 is 5.85. The van der Waals surface area contributed by atoms with E-state index in [-0.39, 0.29) is 12.5 Å². The van der Waals surface area contributed by atoms with Gasteiger partial charge in [-0.25, -0.2) is 4.98 Å². The zero-order valence-corrected chi connectivity index (χ0v) is 18.5. The largest absolute Gasteiger partial charge is 0.484 e.